The Morgan fingerprint density at radius 2 is 1.94 bits per heavy atom. The van der Waals surface area contributed by atoms with E-state index in [1.165, 1.54) is 32.4 Å². The van der Waals surface area contributed by atoms with Crippen LogP contribution in [0.25, 0.3) is 6.08 Å². The van der Waals surface area contributed by atoms with Crippen LogP contribution in [0, 0.1) is 0 Å². The average molecular weight is 237 g/mol. The minimum absolute atomic E-state index is 0.0840. The highest BCUT2D eigenvalue weighted by molar-refractivity contribution is 5.92. The molecule has 0 aromatic heterocycles. The van der Waals surface area contributed by atoms with Crippen LogP contribution in [-0.2, 0) is 4.74 Å². The van der Waals surface area contributed by atoms with Gasteiger partial charge in [0, 0.05) is 5.56 Å². The topological polar surface area (TPSA) is 114 Å². The fraction of sp³-hybridized carbons (Fsp3) is 0.182. The molecule has 0 saturated heterocycles. The molecule has 1 aromatic rings. The molecule has 17 heavy (non-hydrogen) atoms. The molecule has 0 atom stereocenters. The number of carbonyl (C=O) groups is 1. The van der Waals surface area contributed by atoms with Crippen molar-refractivity contribution in [1.82, 2.24) is 0 Å². The summed E-state index contributed by atoms with van der Waals surface area (Å²) in [6.07, 6.45) is 1.45. The molecule has 0 radical (unpaired) electrons. The third-order valence-electron chi connectivity index (χ3n) is 2.14. The smallest absolute Gasteiger partial charge is 0.338 e. The lowest BCUT2D eigenvalue weighted by Gasteiger charge is -2.10. The Hall–Kier alpha value is -2.37. The molecular formula is C11H15N3O3. The van der Waals surface area contributed by atoms with E-state index in [0.29, 0.717) is 22.6 Å². The predicted molar refractivity (Wildman–Crippen MR) is 65.1 cm³/mol. The van der Waals surface area contributed by atoms with Crippen molar-refractivity contribution in [3.8, 4) is 5.75 Å². The molecule has 1 rings (SSSR count). The number of hydrogen-bond acceptors (Lipinski definition) is 6. The van der Waals surface area contributed by atoms with E-state index in [1.54, 1.807) is 0 Å². The largest absolute Gasteiger partial charge is 0.495 e. The summed E-state index contributed by atoms with van der Waals surface area (Å²) in [4.78, 5) is 11.4. The Kier molecular flexibility index (Phi) is 3.82. The number of nitrogen functional groups attached to an aromatic ring is 1. The third kappa shape index (κ3) is 2.81. The van der Waals surface area contributed by atoms with Gasteiger partial charge in [-0.3, -0.25) is 0 Å². The summed E-state index contributed by atoms with van der Waals surface area (Å²) in [5, 5.41) is 0. The predicted octanol–water partition coefficient (Wildman–Crippen LogP) is 0.280. The minimum atomic E-state index is -0.492. The van der Waals surface area contributed by atoms with E-state index in [-0.39, 0.29) is 5.82 Å². The van der Waals surface area contributed by atoms with Crippen molar-refractivity contribution in [3.05, 3.63) is 29.1 Å². The fourth-order valence-corrected chi connectivity index (χ4v) is 1.35. The molecule has 6 nitrogen and oxygen atoms in total. The maximum Gasteiger partial charge on any atom is 0.338 e. The average Bonchev–Trinajstić information content (AvgIpc) is 2.30. The van der Waals surface area contributed by atoms with Crippen LogP contribution in [0.15, 0.2) is 18.0 Å². The van der Waals surface area contributed by atoms with Gasteiger partial charge in [0.15, 0.2) is 0 Å². The van der Waals surface area contributed by atoms with Gasteiger partial charge in [-0.25, -0.2) is 4.79 Å². The van der Waals surface area contributed by atoms with Crippen molar-refractivity contribution in [2.45, 2.75) is 0 Å². The van der Waals surface area contributed by atoms with E-state index in [4.69, 9.17) is 21.9 Å². The van der Waals surface area contributed by atoms with Gasteiger partial charge in [-0.05, 0) is 18.2 Å². The first-order valence-corrected chi connectivity index (χ1v) is 4.78. The van der Waals surface area contributed by atoms with E-state index in [1.807, 2.05) is 0 Å². The zero-order valence-electron chi connectivity index (χ0n) is 9.69. The number of rotatable bonds is 3. The number of nitrogens with two attached hydrogens (primary N) is 3. The molecule has 0 bridgehead atoms. The van der Waals surface area contributed by atoms with Crippen molar-refractivity contribution < 1.29 is 14.3 Å². The number of carbonyl (C=O) groups excluding carboxylic acids is 1. The molecule has 0 amide bonds. The van der Waals surface area contributed by atoms with Crippen LogP contribution in [0.1, 0.15) is 15.9 Å². The Morgan fingerprint density at radius 3 is 2.41 bits per heavy atom. The van der Waals surface area contributed by atoms with E-state index >= 15 is 0 Å². The first-order valence-electron chi connectivity index (χ1n) is 4.78. The van der Waals surface area contributed by atoms with Gasteiger partial charge in [-0.2, -0.15) is 0 Å². The van der Waals surface area contributed by atoms with Crippen molar-refractivity contribution in [2.24, 2.45) is 11.5 Å². The highest BCUT2D eigenvalue weighted by atomic mass is 16.5. The first-order chi connectivity index (χ1) is 7.99. The molecule has 92 valence electrons. The maximum absolute atomic E-state index is 11.4. The Bertz CT molecular complexity index is 465. The normalized spacial score (nSPS) is 9.53. The van der Waals surface area contributed by atoms with Crippen LogP contribution in [-0.4, -0.2) is 20.2 Å². The number of esters is 1. The Labute approximate surface area is 99.0 Å². The van der Waals surface area contributed by atoms with Crippen LogP contribution in [0.3, 0.4) is 0 Å². The highest BCUT2D eigenvalue weighted by Crippen LogP contribution is 2.28. The lowest BCUT2D eigenvalue weighted by atomic mass is 10.1. The molecule has 6 N–H and O–H groups in total. The SMILES string of the molecule is COC(=O)c1cc(C=C(N)N)c(N)c(OC)c1. The second kappa shape index (κ2) is 5.11. The summed E-state index contributed by atoms with van der Waals surface area (Å²) < 4.78 is 9.68. The number of methoxy groups -OCH3 is 2. The van der Waals surface area contributed by atoms with Crippen molar-refractivity contribution in [3.63, 3.8) is 0 Å². The molecule has 0 fully saturated rings. The summed E-state index contributed by atoms with van der Waals surface area (Å²) >= 11 is 0. The van der Waals surface area contributed by atoms with Gasteiger partial charge in [-0.1, -0.05) is 0 Å². The quantitative estimate of drug-likeness (QED) is 0.514. The molecule has 0 aliphatic heterocycles. The second-order valence-corrected chi connectivity index (χ2v) is 3.32. The van der Waals surface area contributed by atoms with Gasteiger partial charge in [0.1, 0.15) is 5.75 Å². The maximum atomic E-state index is 11.4. The van der Waals surface area contributed by atoms with E-state index in [9.17, 15) is 4.79 Å². The van der Waals surface area contributed by atoms with Gasteiger partial charge in [0.2, 0.25) is 0 Å². The zero-order valence-corrected chi connectivity index (χ0v) is 9.69. The van der Waals surface area contributed by atoms with Crippen LogP contribution in [0.5, 0.6) is 5.75 Å². The Morgan fingerprint density at radius 1 is 1.29 bits per heavy atom. The van der Waals surface area contributed by atoms with Gasteiger partial charge in [0.05, 0.1) is 31.3 Å². The summed E-state index contributed by atoms with van der Waals surface area (Å²) in [5.41, 5.74) is 17.7. The van der Waals surface area contributed by atoms with E-state index in [2.05, 4.69) is 4.74 Å². The summed E-state index contributed by atoms with van der Waals surface area (Å²) in [6, 6.07) is 3.02. The highest BCUT2D eigenvalue weighted by Gasteiger charge is 2.12. The summed E-state index contributed by atoms with van der Waals surface area (Å²) in [6.45, 7) is 0. The molecule has 0 spiro atoms. The van der Waals surface area contributed by atoms with E-state index < -0.39 is 5.97 Å². The molecular weight excluding hydrogens is 222 g/mol. The Balaban J connectivity index is 3.38. The first kappa shape index (κ1) is 12.7. The van der Waals surface area contributed by atoms with Gasteiger partial charge < -0.3 is 26.7 Å². The monoisotopic (exact) mass is 237 g/mol. The lowest BCUT2D eigenvalue weighted by Crippen LogP contribution is -2.09. The molecule has 1 aromatic carbocycles. The molecule has 0 aliphatic rings. The molecule has 0 unspecified atom stereocenters. The third-order valence-corrected chi connectivity index (χ3v) is 2.14. The molecule has 6 heteroatoms. The minimum Gasteiger partial charge on any atom is -0.495 e. The summed E-state index contributed by atoms with van der Waals surface area (Å²) in [5.74, 6) is -0.0466. The van der Waals surface area contributed by atoms with Crippen LogP contribution in [0.2, 0.25) is 0 Å². The van der Waals surface area contributed by atoms with E-state index in [0.717, 1.165) is 0 Å². The molecule has 0 saturated carbocycles. The second-order valence-electron chi connectivity index (χ2n) is 3.32. The van der Waals surface area contributed by atoms with Gasteiger partial charge in [0.25, 0.3) is 0 Å². The number of ether oxygens (including phenoxy) is 2. The number of anilines is 1. The van der Waals surface area contributed by atoms with Crippen molar-refractivity contribution in [2.75, 3.05) is 20.0 Å². The zero-order chi connectivity index (χ0) is 13.0. The van der Waals surface area contributed by atoms with Crippen LogP contribution >= 0.6 is 0 Å². The van der Waals surface area contributed by atoms with Crippen LogP contribution < -0.4 is 21.9 Å². The van der Waals surface area contributed by atoms with Crippen molar-refractivity contribution in [1.29, 1.82) is 0 Å². The fourth-order valence-electron chi connectivity index (χ4n) is 1.35. The van der Waals surface area contributed by atoms with Gasteiger partial charge >= 0.3 is 5.97 Å². The number of benzene rings is 1. The lowest BCUT2D eigenvalue weighted by molar-refractivity contribution is 0.0600. The van der Waals surface area contributed by atoms with Gasteiger partial charge in [-0.15, -0.1) is 0 Å². The van der Waals surface area contributed by atoms with Crippen LogP contribution in [0.4, 0.5) is 5.69 Å². The standard InChI is InChI=1S/C11H15N3O3/c1-16-8-4-7(11(15)17-2)3-6(10(8)14)5-9(12)13/h3-5H,12-14H2,1-2H3. The van der Waals surface area contributed by atoms with Crippen molar-refractivity contribution >= 4 is 17.7 Å². The molecule has 0 heterocycles. The number of hydrogen-bond donors (Lipinski definition) is 3. The summed E-state index contributed by atoms with van der Waals surface area (Å²) in [7, 11) is 2.74. The molecule has 0 aliphatic carbocycles.